The number of nitrogens with two attached hydrogens (primary N) is 1. The average Bonchev–Trinajstić information content (AvgIpc) is 2.72. The Labute approximate surface area is 119 Å². The molecule has 2 N–H and O–H groups in total. The Balaban J connectivity index is 1.67. The molecule has 0 amide bonds. The first-order valence-electron chi connectivity index (χ1n) is 7.28. The molecule has 5 nitrogen and oxygen atoms in total. The number of rotatable bonds is 3. The van der Waals surface area contributed by atoms with Gasteiger partial charge in [-0.05, 0) is 17.7 Å². The second-order valence-electron chi connectivity index (χ2n) is 5.28. The van der Waals surface area contributed by atoms with Crippen LogP contribution in [0.15, 0.2) is 18.2 Å². The van der Waals surface area contributed by atoms with Gasteiger partial charge in [-0.25, -0.2) is 0 Å². The molecule has 110 valence electrons. The van der Waals surface area contributed by atoms with Gasteiger partial charge in [0.05, 0.1) is 26.4 Å². The molecule has 20 heavy (non-hydrogen) atoms. The summed E-state index contributed by atoms with van der Waals surface area (Å²) in [7, 11) is 0. The fraction of sp³-hybridized carbons (Fsp3) is 0.600. The van der Waals surface area contributed by atoms with Crippen LogP contribution in [0.5, 0.6) is 11.5 Å². The van der Waals surface area contributed by atoms with Crippen LogP contribution in [0, 0.1) is 0 Å². The predicted octanol–water partition coefficient (Wildman–Crippen LogP) is 1.18. The van der Waals surface area contributed by atoms with Gasteiger partial charge in [-0.3, -0.25) is 4.90 Å². The van der Waals surface area contributed by atoms with E-state index in [4.69, 9.17) is 19.9 Å². The van der Waals surface area contributed by atoms with Crippen LogP contribution in [0.25, 0.3) is 0 Å². The summed E-state index contributed by atoms with van der Waals surface area (Å²) in [4.78, 5) is 2.34. The highest BCUT2D eigenvalue weighted by Gasteiger charge is 2.17. The molecule has 1 saturated heterocycles. The smallest absolute Gasteiger partial charge is 0.161 e. The highest BCUT2D eigenvalue weighted by Crippen LogP contribution is 2.32. The van der Waals surface area contributed by atoms with Gasteiger partial charge in [-0.1, -0.05) is 6.07 Å². The van der Waals surface area contributed by atoms with Gasteiger partial charge in [0, 0.05) is 32.1 Å². The number of hydrogen-bond acceptors (Lipinski definition) is 5. The van der Waals surface area contributed by atoms with E-state index >= 15 is 0 Å². The van der Waals surface area contributed by atoms with E-state index in [2.05, 4.69) is 4.90 Å². The molecule has 0 spiro atoms. The van der Waals surface area contributed by atoms with Crippen LogP contribution in [0.4, 0.5) is 0 Å². The maximum absolute atomic E-state index is 6.32. The summed E-state index contributed by atoms with van der Waals surface area (Å²) in [6.45, 7) is 5.78. The first kappa shape index (κ1) is 13.7. The zero-order chi connectivity index (χ0) is 13.8. The monoisotopic (exact) mass is 278 g/mol. The van der Waals surface area contributed by atoms with E-state index in [1.807, 2.05) is 18.2 Å². The van der Waals surface area contributed by atoms with Crippen LogP contribution in [0.2, 0.25) is 0 Å². The molecule has 3 rings (SSSR count). The summed E-state index contributed by atoms with van der Waals surface area (Å²) in [6, 6.07) is 6.02. The number of benzene rings is 1. The minimum Gasteiger partial charge on any atom is -0.490 e. The second-order valence-corrected chi connectivity index (χ2v) is 5.28. The third-order valence-corrected chi connectivity index (χ3v) is 3.76. The van der Waals surface area contributed by atoms with Gasteiger partial charge >= 0.3 is 0 Å². The number of fused-ring (bicyclic) bond motifs is 1. The molecule has 1 aromatic rings. The van der Waals surface area contributed by atoms with E-state index in [9.17, 15) is 0 Å². The normalized spacial score (nSPS) is 21.2. The van der Waals surface area contributed by atoms with Gasteiger partial charge in [0.2, 0.25) is 0 Å². The summed E-state index contributed by atoms with van der Waals surface area (Å²) in [5, 5.41) is 0. The summed E-state index contributed by atoms with van der Waals surface area (Å²) >= 11 is 0. The summed E-state index contributed by atoms with van der Waals surface area (Å²) in [5.74, 6) is 1.64. The molecule has 1 atom stereocenters. The van der Waals surface area contributed by atoms with Crippen LogP contribution in [0.1, 0.15) is 18.0 Å². The molecular weight excluding hydrogens is 256 g/mol. The van der Waals surface area contributed by atoms with Crippen molar-refractivity contribution in [1.82, 2.24) is 4.90 Å². The van der Waals surface area contributed by atoms with Crippen LogP contribution in [-0.2, 0) is 4.74 Å². The molecule has 1 fully saturated rings. The summed E-state index contributed by atoms with van der Waals surface area (Å²) in [6.07, 6.45) is 0.920. The second kappa shape index (κ2) is 6.43. The van der Waals surface area contributed by atoms with Gasteiger partial charge in [0.25, 0.3) is 0 Å². The van der Waals surface area contributed by atoms with E-state index in [-0.39, 0.29) is 6.04 Å². The summed E-state index contributed by atoms with van der Waals surface area (Å²) in [5.41, 5.74) is 7.42. The molecule has 0 aromatic heterocycles. The molecule has 2 aliphatic rings. The zero-order valence-electron chi connectivity index (χ0n) is 11.7. The predicted molar refractivity (Wildman–Crippen MR) is 76.2 cm³/mol. The Morgan fingerprint density at radius 2 is 1.80 bits per heavy atom. The van der Waals surface area contributed by atoms with Crippen molar-refractivity contribution in [2.24, 2.45) is 5.73 Å². The van der Waals surface area contributed by atoms with Gasteiger partial charge in [0.15, 0.2) is 11.5 Å². The molecule has 2 heterocycles. The third kappa shape index (κ3) is 3.23. The first-order valence-corrected chi connectivity index (χ1v) is 7.28. The van der Waals surface area contributed by atoms with Crippen molar-refractivity contribution in [3.05, 3.63) is 23.8 Å². The zero-order valence-corrected chi connectivity index (χ0v) is 11.7. The van der Waals surface area contributed by atoms with Crippen molar-refractivity contribution in [2.45, 2.75) is 12.5 Å². The lowest BCUT2D eigenvalue weighted by atomic mass is 10.1. The molecule has 5 heteroatoms. The Morgan fingerprint density at radius 1 is 1.05 bits per heavy atom. The molecule has 1 aromatic carbocycles. The first-order chi connectivity index (χ1) is 9.83. The summed E-state index contributed by atoms with van der Waals surface area (Å²) < 4.78 is 16.7. The Hall–Kier alpha value is -1.30. The maximum atomic E-state index is 6.32. The Kier molecular flexibility index (Phi) is 4.40. The third-order valence-electron chi connectivity index (χ3n) is 3.76. The van der Waals surface area contributed by atoms with E-state index in [0.29, 0.717) is 13.2 Å². The van der Waals surface area contributed by atoms with E-state index < -0.39 is 0 Å². The SMILES string of the molecule is NC(CN1CCOCC1)c1ccc2c(c1)OCCCO2. The lowest BCUT2D eigenvalue weighted by molar-refractivity contribution is 0.0352. The van der Waals surface area contributed by atoms with Crippen molar-refractivity contribution in [3.63, 3.8) is 0 Å². The molecule has 0 bridgehead atoms. The van der Waals surface area contributed by atoms with E-state index in [0.717, 1.165) is 56.3 Å². The van der Waals surface area contributed by atoms with E-state index in [1.54, 1.807) is 0 Å². The minimum absolute atomic E-state index is 0.00902. The van der Waals surface area contributed by atoms with Crippen molar-refractivity contribution < 1.29 is 14.2 Å². The standard InChI is InChI=1S/C15H22N2O3/c16-13(11-17-4-8-18-9-5-17)12-2-3-14-15(10-12)20-7-1-6-19-14/h2-3,10,13H,1,4-9,11,16H2. The van der Waals surface area contributed by atoms with Crippen molar-refractivity contribution in [3.8, 4) is 11.5 Å². The topological polar surface area (TPSA) is 57.0 Å². The van der Waals surface area contributed by atoms with Crippen LogP contribution in [0.3, 0.4) is 0 Å². The van der Waals surface area contributed by atoms with E-state index in [1.165, 1.54) is 0 Å². The van der Waals surface area contributed by atoms with Gasteiger partial charge in [-0.15, -0.1) is 0 Å². The van der Waals surface area contributed by atoms with Crippen molar-refractivity contribution >= 4 is 0 Å². The largest absolute Gasteiger partial charge is 0.490 e. The molecular formula is C15H22N2O3. The van der Waals surface area contributed by atoms with Gasteiger partial charge in [-0.2, -0.15) is 0 Å². The number of hydrogen-bond donors (Lipinski definition) is 1. The Morgan fingerprint density at radius 3 is 2.60 bits per heavy atom. The average molecular weight is 278 g/mol. The fourth-order valence-corrected chi connectivity index (χ4v) is 2.58. The highest BCUT2D eigenvalue weighted by atomic mass is 16.5. The number of morpholine rings is 1. The van der Waals surface area contributed by atoms with Gasteiger partial charge < -0.3 is 19.9 Å². The van der Waals surface area contributed by atoms with Crippen molar-refractivity contribution in [1.29, 1.82) is 0 Å². The number of ether oxygens (including phenoxy) is 3. The maximum Gasteiger partial charge on any atom is 0.161 e. The lowest BCUT2D eigenvalue weighted by Gasteiger charge is -2.29. The molecule has 1 unspecified atom stereocenters. The molecule has 0 aliphatic carbocycles. The Bertz CT molecular complexity index is 447. The minimum atomic E-state index is -0.00902. The van der Waals surface area contributed by atoms with Crippen LogP contribution >= 0.6 is 0 Å². The lowest BCUT2D eigenvalue weighted by Crippen LogP contribution is -2.40. The molecule has 2 aliphatic heterocycles. The quantitative estimate of drug-likeness (QED) is 0.900. The highest BCUT2D eigenvalue weighted by molar-refractivity contribution is 5.44. The fourth-order valence-electron chi connectivity index (χ4n) is 2.58. The molecule has 0 radical (unpaired) electrons. The van der Waals surface area contributed by atoms with Crippen LogP contribution in [-0.4, -0.2) is 51.0 Å². The van der Waals surface area contributed by atoms with Gasteiger partial charge in [0.1, 0.15) is 0 Å². The molecule has 0 saturated carbocycles. The number of nitrogens with zero attached hydrogens (tertiary/aromatic N) is 1. The van der Waals surface area contributed by atoms with Crippen LogP contribution < -0.4 is 15.2 Å². The van der Waals surface area contributed by atoms with Crippen molar-refractivity contribution in [2.75, 3.05) is 46.1 Å².